The van der Waals surface area contributed by atoms with Crippen molar-refractivity contribution in [1.82, 2.24) is 5.32 Å². The van der Waals surface area contributed by atoms with Crippen molar-refractivity contribution in [3.8, 4) is 0 Å². The van der Waals surface area contributed by atoms with Gasteiger partial charge in [-0.15, -0.1) is 0 Å². The number of carboxylic acids is 1. The number of carboxylic acid groups (broad SMARTS) is 1. The fraction of sp³-hybridized carbons (Fsp3) is 0.333. The maximum absolute atomic E-state index is 11.8. The summed E-state index contributed by atoms with van der Waals surface area (Å²) in [6.07, 6.45) is 0.365. The molecule has 0 aliphatic rings. The summed E-state index contributed by atoms with van der Waals surface area (Å²) < 4.78 is 0.985. The van der Waals surface area contributed by atoms with Crippen LogP contribution in [0.2, 0.25) is 0 Å². The zero-order chi connectivity index (χ0) is 13.0. The number of aryl methyl sites for hydroxylation is 1. The highest BCUT2D eigenvalue weighted by Crippen LogP contribution is 2.13. The Bertz CT molecular complexity index is 445. The van der Waals surface area contributed by atoms with E-state index >= 15 is 0 Å². The Hall–Kier alpha value is -1.11. The van der Waals surface area contributed by atoms with Crippen LogP contribution in [-0.2, 0) is 4.79 Å². The van der Waals surface area contributed by atoms with E-state index in [-0.39, 0.29) is 5.91 Å². The van der Waals surface area contributed by atoms with Crippen molar-refractivity contribution in [3.05, 3.63) is 32.9 Å². The van der Waals surface area contributed by atoms with Gasteiger partial charge in [0.1, 0.15) is 6.04 Å². The first kappa shape index (κ1) is 14.0. The van der Waals surface area contributed by atoms with E-state index in [2.05, 4.69) is 27.9 Å². The van der Waals surface area contributed by atoms with E-state index in [0.717, 1.165) is 9.13 Å². The number of hydrogen-bond acceptors (Lipinski definition) is 2. The lowest BCUT2D eigenvalue weighted by Gasteiger charge is -2.12. The van der Waals surface area contributed by atoms with Crippen molar-refractivity contribution >= 4 is 34.5 Å². The molecule has 0 saturated carbocycles. The highest BCUT2D eigenvalue weighted by atomic mass is 127. The van der Waals surface area contributed by atoms with Gasteiger partial charge in [-0.2, -0.15) is 0 Å². The molecule has 0 aliphatic carbocycles. The number of carbonyl (C=O) groups is 2. The Labute approximate surface area is 114 Å². The monoisotopic (exact) mass is 347 g/mol. The zero-order valence-electron chi connectivity index (χ0n) is 9.66. The van der Waals surface area contributed by atoms with Crippen molar-refractivity contribution in [2.75, 3.05) is 0 Å². The first-order valence-corrected chi connectivity index (χ1v) is 6.33. The predicted octanol–water partition coefficient (Wildman–Crippen LogP) is 2.19. The van der Waals surface area contributed by atoms with E-state index in [1.165, 1.54) is 0 Å². The SMILES string of the molecule is CCC(NC(=O)c1ccc(C)c(I)c1)C(=O)O. The summed E-state index contributed by atoms with van der Waals surface area (Å²) in [5.74, 6) is -1.36. The molecule has 17 heavy (non-hydrogen) atoms. The molecular formula is C12H14INO3. The number of nitrogens with one attached hydrogen (secondary N) is 1. The van der Waals surface area contributed by atoms with Gasteiger partial charge in [-0.25, -0.2) is 4.79 Å². The average molecular weight is 347 g/mol. The molecule has 0 bridgehead atoms. The first-order chi connectivity index (χ1) is 7.95. The Kier molecular flexibility index (Phi) is 4.92. The first-order valence-electron chi connectivity index (χ1n) is 5.25. The molecule has 4 nitrogen and oxygen atoms in total. The van der Waals surface area contributed by atoms with Crippen LogP contribution in [0.5, 0.6) is 0 Å². The molecule has 1 atom stereocenters. The average Bonchev–Trinajstić information content (AvgIpc) is 2.28. The second-order valence-electron chi connectivity index (χ2n) is 3.74. The lowest BCUT2D eigenvalue weighted by Crippen LogP contribution is -2.40. The van der Waals surface area contributed by atoms with Gasteiger partial charge in [0, 0.05) is 9.13 Å². The smallest absolute Gasteiger partial charge is 0.326 e. The predicted molar refractivity (Wildman–Crippen MR) is 73.1 cm³/mol. The molecule has 0 heterocycles. The number of carbonyl (C=O) groups excluding carboxylic acids is 1. The minimum Gasteiger partial charge on any atom is -0.480 e. The van der Waals surface area contributed by atoms with Gasteiger partial charge in [0.15, 0.2) is 0 Å². The van der Waals surface area contributed by atoms with Gasteiger partial charge in [0.05, 0.1) is 0 Å². The molecule has 1 rings (SSSR count). The van der Waals surface area contributed by atoms with Crippen molar-refractivity contribution < 1.29 is 14.7 Å². The quantitative estimate of drug-likeness (QED) is 0.821. The maximum Gasteiger partial charge on any atom is 0.326 e. The zero-order valence-corrected chi connectivity index (χ0v) is 11.8. The van der Waals surface area contributed by atoms with Crippen molar-refractivity contribution in [3.63, 3.8) is 0 Å². The van der Waals surface area contributed by atoms with E-state index < -0.39 is 12.0 Å². The van der Waals surface area contributed by atoms with Crippen molar-refractivity contribution in [2.24, 2.45) is 0 Å². The molecule has 1 unspecified atom stereocenters. The molecule has 0 saturated heterocycles. The molecule has 0 fully saturated rings. The fourth-order valence-corrected chi connectivity index (χ4v) is 1.83. The van der Waals surface area contributed by atoms with Gasteiger partial charge in [0.25, 0.3) is 5.91 Å². The van der Waals surface area contributed by atoms with Crippen LogP contribution in [0.15, 0.2) is 18.2 Å². The standard InChI is InChI=1S/C12H14INO3/c1-3-10(12(16)17)14-11(15)8-5-4-7(2)9(13)6-8/h4-6,10H,3H2,1-2H3,(H,14,15)(H,16,17). The second kappa shape index (κ2) is 6.00. The number of aliphatic carboxylic acids is 1. The summed E-state index contributed by atoms with van der Waals surface area (Å²) >= 11 is 2.14. The molecule has 0 aromatic heterocycles. The minimum absolute atomic E-state index is 0.350. The van der Waals surface area contributed by atoms with Crippen LogP contribution >= 0.6 is 22.6 Å². The van der Waals surface area contributed by atoms with E-state index in [1.807, 2.05) is 13.0 Å². The summed E-state index contributed by atoms with van der Waals surface area (Å²) in [5, 5.41) is 11.3. The molecule has 1 aromatic carbocycles. The normalized spacial score (nSPS) is 11.9. The van der Waals surface area contributed by atoms with Crippen LogP contribution < -0.4 is 5.32 Å². The van der Waals surface area contributed by atoms with Gasteiger partial charge >= 0.3 is 5.97 Å². The molecule has 0 radical (unpaired) electrons. The van der Waals surface area contributed by atoms with Crippen molar-refractivity contribution in [1.29, 1.82) is 0 Å². The number of rotatable bonds is 4. The molecule has 1 amide bonds. The van der Waals surface area contributed by atoms with Gasteiger partial charge in [-0.05, 0) is 53.6 Å². The lowest BCUT2D eigenvalue weighted by atomic mass is 10.1. The minimum atomic E-state index is -1.01. The van der Waals surface area contributed by atoms with E-state index in [4.69, 9.17) is 5.11 Å². The second-order valence-corrected chi connectivity index (χ2v) is 4.90. The molecule has 92 valence electrons. The van der Waals surface area contributed by atoms with Crippen LogP contribution in [0.25, 0.3) is 0 Å². The third-order valence-electron chi connectivity index (χ3n) is 2.45. The maximum atomic E-state index is 11.8. The summed E-state index contributed by atoms with van der Waals surface area (Å²) in [7, 11) is 0. The Balaban J connectivity index is 2.82. The molecule has 0 aliphatic heterocycles. The lowest BCUT2D eigenvalue weighted by molar-refractivity contribution is -0.139. The Morgan fingerprint density at radius 2 is 2.12 bits per heavy atom. The topological polar surface area (TPSA) is 66.4 Å². The van der Waals surface area contributed by atoms with Crippen molar-refractivity contribution in [2.45, 2.75) is 26.3 Å². The summed E-state index contributed by atoms with van der Waals surface area (Å²) in [6, 6.07) is 4.46. The third kappa shape index (κ3) is 3.69. The third-order valence-corrected chi connectivity index (χ3v) is 3.61. The van der Waals surface area contributed by atoms with Crippen LogP contribution in [0.4, 0.5) is 0 Å². The highest BCUT2D eigenvalue weighted by Gasteiger charge is 2.18. The van der Waals surface area contributed by atoms with Crippen LogP contribution in [0.1, 0.15) is 29.3 Å². The number of amides is 1. The largest absolute Gasteiger partial charge is 0.480 e. The molecule has 1 aromatic rings. The van der Waals surface area contributed by atoms with Gasteiger partial charge in [-0.1, -0.05) is 13.0 Å². The number of halogens is 1. The Morgan fingerprint density at radius 3 is 2.59 bits per heavy atom. The molecule has 5 heteroatoms. The van der Waals surface area contributed by atoms with E-state index in [9.17, 15) is 9.59 Å². The van der Waals surface area contributed by atoms with Crippen LogP contribution in [-0.4, -0.2) is 23.0 Å². The molecule has 2 N–H and O–H groups in total. The van der Waals surface area contributed by atoms with E-state index in [1.54, 1.807) is 19.1 Å². The summed E-state index contributed by atoms with van der Waals surface area (Å²) in [5.41, 5.74) is 1.58. The fourth-order valence-electron chi connectivity index (χ4n) is 1.31. The van der Waals surface area contributed by atoms with E-state index in [0.29, 0.717) is 12.0 Å². The van der Waals surface area contributed by atoms with Gasteiger partial charge in [-0.3, -0.25) is 4.79 Å². The number of hydrogen-bond donors (Lipinski definition) is 2. The Morgan fingerprint density at radius 1 is 1.47 bits per heavy atom. The van der Waals surface area contributed by atoms with Crippen LogP contribution in [0, 0.1) is 10.5 Å². The van der Waals surface area contributed by atoms with Gasteiger partial charge in [0.2, 0.25) is 0 Å². The molecular weight excluding hydrogens is 333 g/mol. The molecule has 0 spiro atoms. The summed E-state index contributed by atoms with van der Waals surface area (Å²) in [4.78, 5) is 22.6. The number of benzene rings is 1. The van der Waals surface area contributed by atoms with Crippen LogP contribution in [0.3, 0.4) is 0 Å². The summed E-state index contributed by atoms with van der Waals surface area (Å²) in [6.45, 7) is 3.67. The highest BCUT2D eigenvalue weighted by molar-refractivity contribution is 14.1. The van der Waals surface area contributed by atoms with Gasteiger partial charge < -0.3 is 10.4 Å².